The highest BCUT2D eigenvalue weighted by Gasteiger charge is 2.53. The van der Waals surface area contributed by atoms with Gasteiger partial charge in [0.25, 0.3) is 0 Å². The van der Waals surface area contributed by atoms with Crippen LogP contribution in [0.2, 0.25) is 0 Å². The van der Waals surface area contributed by atoms with E-state index in [1.54, 1.807) is 37.3 Å². The Labute approximate surface area is 362 Å². The Bertz CT molecular complexity index is 1390. The molecule has 4 aliphatic rings. The number of unbranched alkanes of at least 4 members (excludes halogenated alkanes) is 9. The Morgan fingerprint density at radius 1 is 0.705 bits per heavy atom. The van der Waals surface area contributed by atoms with Gasteiger partial charge in [-0.2, -0.15) is 0 Å². The number of esters is 2. The van der Waals surface area contributed by atoms with Crippen LogP contribution in [0.4, 0.5) is 0 Å². The third kappa shape index (κ3) is 14.6. The highest BCUT2D eigenvalue weighted by Crippen LogP contribution is 2.37. The number of aliphatic hydroxyl groups excluding tert-OH is 5. The summed E-state index contributed by atoms with van der Waals surface area (Å²) in [4.78, 5) is 27.8. The van der Waals surface area contributed by atoms with Crippen molar-refractivity contribution in [1.82, 2.24) is 0 Å². The lowest BCUT2D eigenvalue weighted by Crippen LogP contribution is -2.64. The van der Waals surface area contributed by atoms with Gasteiger partial charge in [-0.05, 0) is 56.6 Å². The maximum atomic E-state index is 14.0. The van der Waals surface area contributed by atoms with Crippen molar-refractivity contribution in [3.63, 3.8) is 0 Å². The van der Waals surface area contributed by atoms with E-state index in [1.165, 1.54) is 38.5 Å². The van der Waals surface area contributed by atoms with E-state index in [0.29, 0.717) is 12.8 Å². The van der Waals surface area contributed by atoms with E-state index in [-0.39, 0.29) is 24.0 Å². The molecule has 348 valence electrons. The summed E-state index contributed by atoms with van der Waals surface area (Å²) in [7, 11) is 0. The summed E-state index contributed by atoms with van der Waals surface area (Å²) in [6, 6.07) is 8.34. The molecule has 61 heavy (non-hydrogen) atoms. The molecule has 2 saturated carbocycles. The SMILES string of the molecule is CCCCCCCCCCCCOC(=O)[C@H](CC1CCCCC1)OC1C(O)C(CO)OC(OC2CCCC(C)C2OC2OC(C)C(O)C(O)C2O)C1OC(=O)c1ccccc1. The van der Waals surface area contributed by atoms with Crippen LogP contribution in [0.5, 0.6) is 0 Å². The minimum Gasteiger partial charge on any atom is -0.464 e. The molecule has 13 unspecified atom stereocenters. The average Bonchev–Trinajstić information content (AvgIpc) is 3.27. The molecule has 1 aromatic carbocycles. The minimum absolute atomic E-state index is 0.126. The van der Waals surface area contributed by atoms with E-state index in [0.717, 1.165) is 70.6 Å². The number of benzene rings is 1. The molecule has 5 N–H and O–H groups in total. The largest absolute Gasteiger partial charge is 0.464 e. The minimum atomic E-state index is -1.54. The van der Waals surface area contributed by atoms with Crippen LogP contribution in [-0.4, -0.2) is 130 Å². The Morgan fingerprint density at radius 3 is 2.05 bits per heavy atom. The number of rotatable bonds is 23. The maximum absolute atomic E-state index is 14.0. The molecule has 14 atom stereocenters. The Hall–Kier alpha value is -2.24. The van der Waals surface area contributed by atoms with Crippen LogP contribution in [0.25, 0.3) is 0 Å². The van der Waals surface area contributed by atoms with Gasteiger partial charge >= 0.3 is 11.9 Å². The van der Waals surface area contributed by atoms with Crippen molar-refractivity contribution in [3.05, 3.63) is 35.9 Å². The van der Waals surface area contributed by atoms with Gasteiger partial charge in [-0.15, -0.1) is 0 Å². The van der Waals surface area contributed by atoms with Gasteiger partial charge in [0.05, 0.1) is 37.1 Å². The van der Waals surface area contributed by atoms with Crippen molar-refractivity contribution in [2.45, 2.75) is 222 Å². The van der Waals surface area contributed by atoms with Crippen LogP contribution in [0, 0.1) is 11.8 Å². The molecule has 0 aromatic heterocycles. The van der Waals surface area contributed by atoms with E-state index < -0.39 is 98.3 Å². The van der Waals surface area contributed by atoms with E-state index >= 15 is 0 Å². The van der Waals surface area contributed by atoms with Crippen LogP contribution >= 0.6 is 0 Å². The fraction of sp³-hybridized carbons (Fsp3) is 0.830. The maximum Gasteiger partial charge on any atom is 0.338 e. The van der Waals surface area contributed by atoms with Gasteiger partial charge in [0.1, 0.15) is 36.6 Å². The summed E-state index contributed by atoms with van der Waals surface area (Å²) in [5.74, 6) is -1.22. The van der Waals surface area contributed by atoms with Gasteiger partial charge in [-0.25, -0.2) is 9.59 Å². The number of carbonyl (C=O) groups is 2. The zero-order valence-electron chi connectivity index (χ0n) is 36.8. The normalized spacial score (nSPS) is 34.1. The molecule has 14 heteroatoms. The monoisotopic (exact) mass is 865 g/mol. The quantitative estimate of drug-likeness (QED) is 0.0644. The molecule has 2 aliphatic carbocycles. The molecular weight excluding hydrogens is 789 g/mol. The third-order valence-electron chi connectivity index (χ3n) is 13.1. The van der Waals surface area contributed by atoms with Crippen molar-refractivity contribution in [2.75, 3.05) is 13.2 Å². The van der Waals surface area contributed by atoms with Crippen LogP contribution in [0.1, 0.15) is 153 Å². The van der Waals surface area contributed by atoms with Crippen molar-refractivity contribution < 1.29 is 68.3 Å². The lowest BCUT2D eigenvalue weighted by molar-refractivity contribution is -0.348. The van der Waals surface area contributed by atoms with Crippen LogP contribution in [0.3, 0.4) is 0 Å². The van der Waals surface area contributed by atoms with Gasteiger partial charge < -0.3 is 58.7 Å². The molecule has 4 fully saturated rings. The first-order chi connectivity index (χ1) is 29.5. The molecule has 14 nitrogen and oxygen atoms in total. The molecule has 2 saturated heterocycles. The lowest BCUT2D eigenvalue weighted by Gasteiger charge is -2.47. The molecular formula is C47H76O14. The van der Waals surface area contributed by atoms with E-state index in [9.17, 15) is 35.1 Å². The average molecular weight is 865 g/mol. The van der Waals surface area contributed by atoms with Gasteiger partial charge in [0.15, 0.2) is 24.8 Å². The zero-order chi connectivity index (χ0) is 43.7. The topological polar surface area (TPSA) is 200 Å². The van der Waals surface area contributed by atoms with Crippen LogP contribution < -0.4 is 0 Å². The number of hydrogen-bond acceptors (Lipinski definition) is 14. The van der Waals surface area contributed by atoms with Gasteiger partial charge in [0.2, 0.25) is 0 Å². The Morgan fingerprint density at radius 2 is 1.38 bits per heavy atom. The summed E-state index contributed by atoms with van der Waals surface area (Å²) in [5.41, 5.74) is 0.235. The highest BCUT2D eigenvalue weighted by atomic mass is 16.7. The van der Waals surface area contributed by atoms with Crippen molar-refractivity contribution in [3.8, 4) is 0 Å². The van der Waals surface area contributed by atoms with E-state index in [2.05, 4.69) is 6.92 Å². The first-order valence-electron chi connectivity index (χ1n) is 23.5. The molecule has 5 rings (SSSR count). The number of hydrogen-bond donors (Lipinski definition) is 5. The second-order valence-electron chi connectivity index (χ2n) is 18.0. The molecule has 0 spiro atoms. The van der Waals surface area contributed by atoms with E-state index in [4.69, 9.17) is 33.2 Å². The fourth-order valence-corrected chi connectivity index (χ4v) is 9.33. The van der Waals surface area contributed by atoms with Crippen molar-refractivity contribution >= 4 is 11.9 Å². The number of carbonyl (C=O) groups excluding carboxylic acids is 2. The standard InChI is InChI=1S/C47H76O14/c1-4-5-6-7-8-9-10-11-12-19-27-55-45(54)35(28-32-22-15-13-16-23-32)57-42-38(50)36(29-48)59-47(43(42)60-44(53)33-24-17-14-18-25-33)58-34-26-20-21-30(2)41(34)61-46-40(52)39(51)37(49)31(3)56-46/h14,17-18,24-25,30-32,34-43,46-52H,4-13,15-16,19-23,26-29H2,1-3H3/t30?,31?,34?,35-,36?,37?,38?,39?,40?,41?,42?,43?,46?,47?/m0/s1. The number of aliphatic hydroxyl groups is 5. The van der Waals surface area contributed by atoms with E-state index in [1.807, 2.05) is 6.92 Å². The molecule has 2 heterocycles. The first kappa shape index (κ1) is 49.8. The predicted molar refractivity (Wildman–Crippen MR) is 225 cm³/mol. The third-order valence-corrected chi connectivity index (χ3v) is 13.1. The molecule has 0 bridgehead atoms. The first-order valence-corrected chi connectivity index (χ1v) is 23.5. The van der Waals surface area contributed by atoms with Gasteiger partial charge in [0, 0.05) is 0 Å². The predicted octanol–water partition coefficient (Wildman–Crippen LogP) is 5.90. The summed E-state index contributed by atoms with van der Waals surface area (Å²) >= 11 is 0. The zero-order valence-corrected chi connectivity index (χ0v) is 36.8. The van der Waals surface area contributed by atoms with Crippen molar-refractivity contribution in [2.24, 2.45) is 11.8 Å². The van der Waals surface area contributed by atoms with Crippen LogP contribution in [0.15, 0.2) is 30.3 Å². The molecule has 0 amide bonds. The second-order valence-corrected chi connectivity index (χ2v) is 18.0. The highest BCUT2D eigenvalue weighted by molar-refractivity contribution is 5.89. The van der Waals surface area contributed by atoms with Crippen LogP contribution in [-0.2, 0) is 38.0 Å². The van der Waals surface area contributed by atoms with Gasteiger partial charge in [-0.1, -0.05) is 128 Å². The van der Waals surface area contributed by atoms with Crippen molar-refractivity contribution in [1.29, 1.82) is 0 Å². The summed E-state index contributed by atoms with van der Waals surface area (Å²) in [5, 5.41) is 54.0. The number of ether oxygens (including phenoxy) is 7. The Kier molecular flexibility index (Phi) is 21.1. The summed E-state index contributed by atoms with van der Waals surface area (Å²) in [6.07, 6.45) is 2.88. The Balaban J connectivity index is 1.34. The smallest absolute Gasteiger partial charge is 0.338 e. The molecule has 0 radical (unpaired) electrons. The van der Waals surface area contributed by atoms with Gasteiger partial charge in [-0.3, -0.25) is 0 Å². The summed E-state index contributed by atoms with van der Waals surface area (Å²) in [6.45, 7) is 5.37. The molecule has 2 aliphatic heterocycles. The fourth-order valence-electron chi connectivity index (χ4n) is 9.33. The lowest BCUT2D eigenvalue weighted by atomic mass is 9.85. The molecule has 1 aromatic rings. The second kappa shape index (κ2) is 25.9. The summed E-state index contributed by atoms with van der Waals surface area (Å²) < 4.78 is 43.6.